The monoisotopic (exact) mass is 284 g/mol. The summed E-state index contributed by atoms with van der Waals surface area (Å²) in [5.41, 5.74) is 1.69. The van der Waals surface area contributed by atoms with Gasteiger partial charge in [0, 0.05) is 23.9 Å². The lowest BCUT2D eigenvalue weighted by Gasteiger charge is -2.19. The van der Waals surface area contributed by atoms with E-state index < -0.39 is 0 Å². The van der Waals surface area contributed by atoms with E-state index in [2.05, 4.69) is 5.32 Å². The number of anilines is 1. The van der Waals surface area contributed by atoms with Crippen molar-refractivity contribution in [3.05, 3.63) is 28.8 Å². The predicted molar refractivity (Wildman–Crippen MR) is 78.6 cm³/mol. The Kier molecular flexibility index (Phi) is 6.84. The summed E-state index contributed by atoms with van der Waals surface area (Å²) in [6, 6.07) is 5.46. The van der Waals surface area contributed by atoms with Crippen LogP contribution >= 0.6 is 11.6 Å². The molecular weight excluding hydrogens is 264 g/mol. The van der Waals surface area contributed by atoms with Crippen molar-refractivity contribution in [3.8, 4) is 0 Å². The molecule has 1 aromatic rings. The molecule has 0 aliphatic heterocycles. The standard InChI is InChI=1S/C14H21ClN2O2/c1-3-17(7-4-8-18)10-14(19)16-12-6-5-11(2)13(15)9-12/h5-6,9,18H,3-4,7-8,10H2,1-2H3,(H,16,19). The molecule has 0 radical (unpaired) electrons. The first kappa shape index (κ1) is 16.0. The molecule has 0 unspecified atom stereocenters. The van der Waals surface area contributed by atoms with E-state index in [1.807, 2.05) is 30.9 Å². The Hall–Kier alpha value is -1.10. The Balaban J connectivity index is 2.51. The van der Waals surface area contributed by atoms with E-state index >= 15 is 0 Å². The van der Waals surface area contributed by atoms with Crippen LogP contribution in [-0.4, -0.2) is 42.2 Å². The summed E-state index contributed by atoms with van der Waals surface area (Å²) < 4.78 is 0. The zero-order chi connectivity index (χ0) is 14.3. The molecule has 0 heterocycles. The van der Waals surface area contributed by atoms with Crippen LogP contribution in [0.5, 0.6) is 0 Å². The van der Waals surface area contributed by atoms with Gasteiger partial charge in [-0.1, -0.05) is 24.6 Å². The van der Waals surface area contributed by atoms with Crippen molar-refractivity contribution in [1.82, 2.24) is 4.90 Å². The number of hydrogen-bond acceptors (Lipinski definition) is 3. The number of nitrogens with zero attached hydrogens (tertiary/aromatic N) is 1. The molecule has 0 aliphatic carbocycles. The van der Waals surface area contributed by atoms with E-state index in [-0.39, 0.29) is 12.5 Å². The Morgan fingerprint density at radius 3 is 2.79 bits per heavy atom. The van der Waals surface area contributed by atoms with Gasteiger partial charge in [0.15, 0.2) is 0 Å². The smallest absolute Gasteiger partial charge is 0.238 e. The van der Waals surface area contributed by atoms with Crippen LogP contribution in [0.25, 0.3) is 0 Å². The van der Waals surface area contributed by atoms with E-state index in [0.29, 0.717) is 23.7 Å². The van der Waals surface area contributed by atoms with Crippen LogP contribution in [0.2, 0.25) is 5.02 Å². The number of aliphatic hydroxyl groups excluding tert-OH is 1. The number of likely N-dealkylation sites (N-methyl/N-ethyl adjacent to an activating group) is 1. The zero-order valence-corrected chi connectivity index (χ0v) is 12.2. The summed E-state index contributed by atoms with van der Waals surface area (Å²) in [4.78, 5) is 13.9. The summed E-state index contributed by atoms with van der Waals surface area (Å²) in [5.74, 6) is -0.0697. The topological polar surface area (TPSA) is 52.6 Å². The van der Waals surface area contributed by atoms with E-state index in [1.165, 1.54) is 0 Å². The van der Waals surface area contributed by atoms with Crippen LogP contribution in [0.15, 0.2) is 18.2 Å². The van der Waals surface area contributed by atoms with Crippen LogP contribution in [0.1, 0.15) is 18.9 Å². The third kappa shape index (κ3) is 5.59. The van der Waals surface area contributed by atoms with Crippen molar-refractivity contribution in [2.45, 2.75) is 20.3 Å². The minimum Gasteiger partial charge on any atom is -0.396 e. The molecule has 5 heteroatoms. The minimum atomic E-state index is -0.0697. The number of hydrogen-bond donors (Lipinski definition) is 2. The Morgan fingerprint density at radius 2 is 2.21 bits per heavy atom. The molecule has 4 nitrogen and oxygen atoms in total. The number of benzene rings is 1. The number of aliphatic hydroxyl groups is 1. The summed E-state index contributed by atoms with van der Waals surface area (Å²) in [6.45, 7) is 5.87. The van der Waals surface area contributed by atoms with Crippen molar-refractivity contribution in [3.63, 3.8) is 0 Å². The van der Waals surface area contributed by atoms with Gasteiger partial charge in [0.1, 0.15) is 0 Å². The molecule has 0 saturated heterocycles. The van der Waals surface area contributed by atoms with Gasteiger partial charge in [-0.2, -0.15) is 0 Å². The quantitative estimate of drug-likeness (QED) is 0.808. The lowest BCUT2D eigenvalue weighted by Crippen LogP contribution is -2.34. The fourth-order valence-electron chi connectivity index (χ4n) is 1.72. The van der Waals surface area contributed by atoms with Crippen LogP contribution in [-0.2, 0) is 4.79 Å². The summed E-state index contributed by atoms with van der Waals surface area (Å²) in [6.07, 6.45) is 0.678. The average Bonchev–Trinajstić information content (AvgIpc) is 2.38. The van der Waals surface area contributed by atoms with Gasteiger partial charge >= 0.3 is 0 Å². The molecule has 0 fully saturated rings. The van der Waals surface area contributed by atoms with Crippen molar-refractivity contribution < 1.29 is 9.90 Å². The molecule has 19 heavy (non-hydrogen) atoms. The highest BCUT2D eigenvalue weighted by atomic mass is 35.5. The number of carbonyl (C=O) groups is 1. The maximum absolute atomic E-state index is 11.9. The van der Waals surface area contributed by atoms with Gasteiger partial charge in [-0.3, -0.25) is 9.69 Å². The van der Waals surface area contributed by atoms with Crippen LogP contribution in [0, 0.1) is 6.92 Å². The zero-order valence-electron chi connectivity index (χ0n) is 11.4. The van der Waals surface area contributed by atoms with Crippen LogP contribution < -0.4 is 5.32 Å². The first-order chi connectivity index (χ1) is 9.06. The first-order valence-electron chi connectivity index (χ1n) is 6.46. The number of nitrogens with one attached hydrogen (secondary N) is 1. The molecule has 0 aromatic heterocycles. The molecule has 0 atom stereocenters. The lowest BCUT2D eigenvalue weighted by atomic mass is 10.2. The Labute approximate surface area is 119 Å². The number of carbonyl (C=O) groups excluding carboxylic acids is 1. The molecule has 1 rings (SSSR count). The van der Waals surface area contributed by atoms with E-state index in [1.54, 1.807) is 6.07 Å². The van der Waals surface area contributed by atoms with Gasteiger partial charge < -0.3 is 10.4 Å². The van der Waals surface area contributed by atoms with Crippen molar-refractivity contribution >= 4 is 23.2 Å². The van der Waals surface area contributed by atoms with Gasteiger partial charge in [-0.15, -0.1) is 0 Å². The van der Waals surface area contributed by atoms with Gasteiger partial charge in [0.25, 0.3) is 0 Å². The second-order valence-corrected chi connectivity index (χ2v) is 4.87. The van der Waals surface area contributed by atoms with Crippen LogP contribution in [0.4, 0.5) is 5.69 Å². The average molecular weight is 285 g/mol. The maximum atomic E-state index is 11.9. The predicted octanol–water partition coefficient (Wildman–Crippen LogP) is 2.29. The Bertz CT molecular complexity index is 424. The number of amides is 1. The summed E-state index contributed by atoms with van der Waals surface area (Å²) >= 11 is 6.01. The third-order valence-corrected chi connectivity index (χ3v) is 3.31. The van der Waals surface area contributed by atoms with E-state index in [4.69, 9.17) is 16.7 Å². The second-order valence-electron chi connectivity index (χ2n) is 4.46. The molecule has 0 bridgehead atoms. The van der Waals surface area contributed by atoms with E-state index in [0.717, 1.165) is 18.7 Å². The fraction of sp³-hybridized carbons (Fsp3) is 0.500. The SMILES string of the molecule is CCN(CCCO)CC(=O)Nc1ccc(C)c(Cl)c1. The third-order valence-electron chi connectivity index (χ3n) is 2.90. The van der Waals surface area contributed by atoms with Crippen LogP contribution in [0.3, 0.4) is 0 Å². The normalized spacial score (nSPS) is 10.8. The van der Waals surface area contributed by atoms with Gasteiger partial charge in [-0.05, 0) is 37.6 Å². The first-order valence-corrected chi connectivity index (χ1v) is 6.83. The summed E-state index contributed by atoms with van der Waals surface area (Å²) in [7, 11) is 0. The van der Waals surface area contributed by atoms with E-state index in [9.17, 15) is 4.79 Å². The highest BCUT2D eigenvalue weighted by Crippen LogP contribution is 2.19. The maximum Gasteiger partial charge on any atom is 0.238 e. The molecule has 0 saturated carbocycles. The highest BCUT2D eigenvalue weighted by molar-refractivity contribution is 6.31. The molecule has 0 aliphatic rings. The van der Waals surface area contributed by atoms with Gasteiger partial charge in [0.2, 0.25) is 5.91 Å². The highest BCUT2D eigenvalue weighted by Gasteiger charge is 2.09. The van der Waals surface area contributed by atoms with Gasteiger partial charge in [0.05, 0.1) is 6.54 Å². The number of halogens is 1. The molecule has 1 amide bonds. The minimum absolute atomic E-state index is 0.0697. The van der Waals surface area contributed by atoms with Gasteiger partial charge in [-0.25, -0.2) is 0 Å². The lowest BCUT2D eigenvalue weighted by molar-refractivity contribution is -0.117. The number of rotatable bonds is 7. The molecular formula is C14H21ClN2O2. The molecule has 0 spiro atoms. The van der Waals surface area contributed by atoms with Crippen molar-refractivity contribution in [2.24, 2.45) is 0 Å². The molecule has 1 aromatic carbocycles. The largest absolute Gasteiger partial charge is 0.396 e. The fourth-order valence-corrected chi connectivity index (χ4v) is 1.90. The molecule has 2 N–H and O–H groups in total. The second kappa shape index (κ2) is 8.15. The summed E-state index contributed by atoms with van der Waals surface area (Å²) in [5, 5.41) is 12.3. The van der Waals surface area contributed by atoms with Crippen molar-refractivity contribution in [1.29, 1.82) is 0 Å². The number of aryl methyl sites for hydroxylation is 1. The molecule has 106 valence electrons. The Morgan fingerprint density at radius 1 is 1.47 bits per heavy atom. The van der Waals surface area contributed by atoms with Crippen molar-refractivity contribution in [2.75, 3.05) is 31.6 Å².